The van der Waals surface area contributed by atoms with Crippen molar-refractivity contribution in [1.82, 2.24) is 0 Å². The van der Waals surface area contributed by atoms with Crippen molar-refractivity contribution in [3.05, 3.63) is 11.3 Å². The summed E-state index contributed by atoms with van der Waals surface area (Å²) >= 11 is 0. The molecule has 0 saturated heterocycles. The predicted octanol–water partition coefficient (Wildman–Crippen LogP) is 1.45. The highest BCUT2D eigenvalue weighted by Crippen LogP contribution is 2.34. The van der Waals surface area contributed by atoms with Crippen molar-refractivity contribution < 1.29 is 24.9 Å². The molecule has 5 nitrogen and oxygen atoms in total. The summed E-state index contributed by atoms with van der Waals surface area (Å²) in [5, 5.41) is 30.3. The Morgan fingerprint density at radius 3 is 2.71 bits per heavy atom. The van der Waals surface area contributed by atoms with Gasteiger partial charge in [0.1, 0.15) is 18.0 Å². The van der Waals surface area contributed by atoms with Crippen LogP contribution in [0.4, 0.5) is 0 Å². The highest BCUT2D eigenvalue weighted by Gasteiger charge is 2.40. The number of carbonyl (C=O) groups excluding carboxylic acids is 1. The van der Waals surface area contributed by atoms with E-state index < -0.39 is 24.4 Å². The highest BCUT2D eigenvalue weighted by atomic mass is 16.5. The Morgan fingerprint density at radius 2 is 2.00 bits per heavy atom. The van der Waals surface area contributed by atoms with Gasteiger partial charge in [-0.25, -0.2) is 0 Å². The Hall–Kier alpha value is -0.910. The molecule has 4 atom stereocenters. The summed E-state index contributed by atoms with van der Waals surface area (Å²) in [5.41, 5.74) is 0.211. The molecule has 1 aliphatic carbocycles. The normalized spacial score (nSPS) is 30.9. The minimum atomic E-state index is -0.938. The number of hydrogen-bond acceptors (Lipinski definition) is 5. The molecular formula is C16H26O5. The van der Waals surface area contributed by atoms with Crippen LogP contribution in [0.25, 0.3) is 0 Å². The van der Waals surface area contributed by atoms with E-state index in [9.17, 15) is 20.1 Å². The van der Waals surface area contributed by atoms with Crippen LogP contribution in [-0.4, -0.2) is 45.5 Å². The van der Waals surface area contributed by atoms with E-state index in [1.807, 2.05) is 0 Å². The van der Waals surface area contributed by atoms with Gasteiger partial charge in [0.25, 0.3) is 0 Å². The molecule has 1 heterocycles. The molecule has 0 saturated carbocycles. The summed E-state index contributed by atoms with van der Waals surface area (Å²) in [6, 6.07) is 0. The van der Waals surface area contributed by atoms with Crippen LogP contribution in [-0.2, 0) is 9.53 Å². The number of aliphatic hydroxyl groups excluding tert-OH is 3. The van der Waals surface area contributed by atoms with Crippen LogP contribution in [0.1, 0.15) is 58.3 Å². The van der Waals surface area contributed by atoms with Crippen molar-refractivity contribution in [3.63, 3.8) is 0 Å². The first-order valence-corrected chi connectivity index (χ1v) is 8.02. The predicted molar refractivity (Wildman–Crippen MR) is 77.5 cm³/mol. The third kappa shape index (κ3) is 3.84. The van der Waals surface area contributed by atoms with Crippen molar-refractivity contribution >= 4 is 5.78 Å². The molecular weight excluding hydrogens is 272 g/mol. The molecule has 0 unspecified atom stereocenters. The van der Waals surface area contributed by atoms with E-state index in [2.05, 4.69) is 6.92 Å². The number of aliphatic hydroxyl groups is 3. The van der Waals surface area contributed by atoms with E-state index >= 15 is 0 Å². The fourth-order valence-corrected chi connectivity index (χ4v) is 3.09. The Labute approximate surface area is 125 Å². The average molecular weight is 298 g/mol. The summed E-state index contributed by atoms with van der Waals surface area (Å²) in [7, 11) is 0. The van der Waals surface area contributed by atoms with Crippen molar-refractivity contribution in [2.45, 2.75) is 82.7 Å². The lowest BCUT2D eigenvalue weighted by molar-refractivity contribution is -0.123. The molecule has 0 aromatic rings. The fourth-order valence-electron chi connectivity index (χ4n) is 3.09. The Balaban J connectivity index is 1.98. The van der Waals surface area contributed by atoms with Gasteiger partial charge in [0.15, 0.2) is 5.78 Å². The van der Waals surface area contributed by atoms with E-state index in [1.54, 1.807) is 0 Å². The van der Waals surface area contributed by atoms with Crippen molar-refractivity contribution in [3.8, 4) is 0 Å². The van der Waals surface area contributed by atoms with E-state index in [4.69, 9.17) is 4.74 Å². The lowest BCUT2D eigenvalue weighted by atomic mass is 9.85. The molecule has 5 heteroatoms. The van der Waals surface area contributed by atoms with Gasteiger partial charge in [0, 0.05) is 12.8 Å². The van der Waals surface area contributed by atoms with Gasteiger partial charge in [-0.05, 0) is 12.8 Å². The third-order valence-corrected chi connectivity index (χ3v) is 4.36. The standard InChI is InChI=1S/C16H26O5/c1-2-3-4-5-6-10(17)14-9-13(20)15-11(18)7-8-12(19)16(15)21-14/h10,12-14,17,19-20H,2-9H2,1H3/t10-,12-,13-,14+/m1/s1. The van der Waals surface area contributed by atoms with Gasteiger partial charge in [0.2, 0.25) is 0 Å². The average Bonchev–Trinajstić information content (AvgIpc) is 2.46. The number of carbonyl (C=O) groups is 1. The smallest absolute Gasteiger partial charge is 0.165 e. The molecule has 120 valence electrons. The monoisotopic (exact) mass is 298 g/mol. The van der Waals surface area contributed by atoms with E-state index in [0.29, 0.717) is 12.8 Å². The number of ketones is 1. The lowest BCUT2D eigenvalue weighted by Gasteiger charge is -2.37. The fraction of sp³-hybridized carbons (Fsp3) is 0.812. The van der Waals surface area contributed by atoms with Crippen molar-refractivity contribution in [1.29, 1.82) is 0 Å². The second-order valence-electron chi connectivity index (χ2n) is 6.08. The topological polar surface area (TPSA) is 87.0 Å². The second-order valence-corrected chi connectivity index (χ2v) is 6.08. The van der Waals surface area contributed by atoms with Crippen LogP contribution in [0.5, 0.6) is 0 Å². The molecule has 3 N–H and O–H groups in total. The van der Waals surface area contributed by atoms with Crippen molar-refractivity contribution in [2.24, 2.45) is 0 Å². The maximum absolute atomic E-state index is 11.8. The summed E-state index contributed by atoms with van der Waals surface area (Å²) in [6.07, 6.45) is 2.66. The van der Waals surface area contributed by atoms with Gasteiger partial charge < -0.3 is 20.1 Å². The van der Waals surface area contributed by atoms with E-state index in [-0.39, 0.29) is 30.0 Å². The van der Waals surface area contributed by atoms with Crippen LogP contribution < -0.4 is 0 Å². The zero-order valence-corrected chi connectivity index (χ0v) is 12.6. The summed E-state index contributed by atoms with van der Waals surface area (Å²) in [5.74, 6) is 0.0290. The zero-order valence-electron chi connectivity index (χ0n) is 12.6. The SMILES string of the molecule is CCCCCC[C@@H](O)[C@@H]1C[C@@H](O)C2=C(O1)[C@H](O)CCC2=O. The lowest BCUT2D eigenvalue weighted by Crippen LogP contribution is -2.43. The molecule has 0 amide bonds. The Kier molecular flexibility index (Phi) is 5.79. The Morgan fingerprint density at radius 1 is 1.24 bits per heavy atom. The molecule has 0 spiro atoms. The van der Waals surface area contributed by atoms with Crippen LogP contribution in [0.15, 0.2) is 11.3 Å². The van der Waals surface area contributed by atoms with Crippen LogP contribution in [0.2, 0.25) is 0 Å². The highest BCUT2D eigenvalue weighted by molar-refractivity contribution is 5.98. The maximum atomic E-state index is 11.8. The first-order valence-electron chi connectivity index (χ1n) is 8.02. The van der Waals surface area contributed by atoms with Gasteiger partial charge in [-0.1, -0.05) is 32.6 Å². The minimum Gasteiger partial charge on any atom is -0.489 e. The first kappa shape index (κ1) is 16.5. The van der Waals surface area contributed by atoms with Crippen LogP contribution >= 0.6 is 0 Å². The number of Topliss-reactive ketones (excluding diaryl/α,β-unsaturated/α-hetero) is 1. The van der Waals surface area contributed by atoms with Gasteiger partial charge in [-0.2, -0.15) is 0 Å². The molecule has 2 rings (SSSR count). The second kappa shape index (κ2) is 7.38. The van der Waals surface area contributed by atoms with Gasteiger partial charge in [0.05, 0.1) is 17.8 Å². The van der Waals surface area contributed by atoms with Crippen LogP contribution in [0.3, 0.4) is 0 Å². The Bertz CT molecular complexity index is 403. The van der Waals surface area contributed by atoms with Gasteiger partial charge in [-0.3, -0.25) is 4.79 Å². The maximum Gasteiger partial charge on any atom is 0.165 e. The zero-order chi connectivity index (χ0) is 15.4. The number of ether oxygens (including phenoxy) is 1. The number of rotatable bonds is 6. The number of unbranched alkanes of at least 4 members (excludes halogenated alkanes) is 3. The van der Waals surface area contributed by atoms with E-state index in [0.717, 1.165) is 25.7 Å². The summed E-state index contributed by atoms with van der Waals surface area (Å²) in [6.45, 7) is 2.13. The molecule has 1 aliphatic heterocycles. The van der Waals surface area contributed by atoms with Crippen molar-refractivity contribution in [2.75, 3.05) is 0 Å². The quantitative estimate of drug-likeness (QED) is 0.646. The molecule has 0 aromatic carbocycles. The van der Waals surface area contributed by atoms with Gasteiger partial charge >= 0.3 is 0 Å². The summed E-state index contributed by atoms with van der Waals surface area (Å²) < 4.78 is 5.66. The summed E-state index contributed by atoms with van der Waals surface area (Å²) in [4.78, 5) is 11.8. The van der Waals surface area contributed by atoms with Gasteiger partial charge in [-0.15, -0.1) is 0 Å². The molecule has 0 radical (unpaired) electrons. The van der Waals surface area contributed by atoms with E-state index in [1.165, 1.54) is 0 Å². The molecule has 21 heavy (non-hydrogen) atoms. The molecule has 0 fully saturated rings. The number of hydrogen-bond donors (Lipinski definition) is 3. The molecule has 0 bridgehead atoms. The first-order chi connectivity index (χ1) is 10.0. The van der Waals surface area contributed by atoms with Crippen LogP contribution in [0, 0.1) is 0 Å². The molecule has 2 aliphatic rings. The largest absolute Gasteiger partial charge is 0.489 e. The minimum absolute atomic E-state index is 0.154. The molecule has 0 aromatic heterocycles. The third-order valence-electron chi connectivity index (χ3n) is 4.36.